The molecule has 2 N–H and O–H groups in total. The Morgan fingerprint density at radius 2 is 2.06 bits per heavy atom. The van der Waals surface area contributed by atoms with Crippen LogP contribution in [0, 0.1) is 0 Å². The number of anilines is 1. The van der Waals surface area contributed by atoms with Crippen LogP contribution < -0.4 is 10.0 Å². The second-order valence-electron chi connectivity index (χ2n) is 8.87. The first-order chi connectivity index (χ1) is 17.2. The number of hydrogen-bond acceptors (Lipinski definition) is 8. The highest BCUT2D eigenvalue weighted by Gasteiger charge is 2.35. The number of rotatable bonds is 9. The van der Waals surface area contributed by atoms with Crippen molar-refractivity contribution in [2.45, 2.75) is 24.1 Å². The molecule has 0 aromatic carbocycles. The van der Waals surface area contributed by atoms with Crippen molar-refractivity contribution < 1.29 is 13.2 Å². The predicted octanol–water partition coefficient (Wildman–Crippen LogP) is 3.44. The maximum Gasteiger partial charge on any atom is 0.280 e. The minimum Gasteiger partial charge on any atom is -0.340 e. The fourth-order valence-electron chi connectivity index (χ4n) is 3.77. The third-order valence-corrected chi connectivity index (χ3v) is 8.80. The fraction of sp³-hybridized carbons (Fsp3) is 0.304. The molecular formula is C23H24ClN7O3S2. The smallest absolute Gasteiger partial charge is 0.280 e. The number of amides is 1. The summed E-state index contributed by atoms with van der Waals surface area (Å²) in [7, 11) is 0.363. The van der Waals surface area contributed by atoms with Gasteiger partial charge < -0.3 is 10.2 Å². The summed E-state index contributed by atoms with van der Waals surface area (Å²) < 4.78 is 29.1. The first-order valence-corrected chi connectivity index (χ1v) is 14.0. The first kappa shape index (κ1) is 24.6. The second-order valence-corrected chi connectivity index (χ2v) is 12.3. The van der Waals surface area contributed by atoms with Gasteiger partial charge in [0.2, 0.25) is 10.0 Å². The van der Waals surface area contributed by atoms with E-state index in [0.29, 0.717) is 40.8 Å². The van der Waals surface area contributed by atoms with Crippen LogP contribution in [0.4, 0.5) is 5.69 Å². The number of likely N-dealkylation sites (N-methyl/N-ethyl adjacent to an activating group) is 1. The van der Waals surface area contributed by atoms with Gasteiger partial charge in [-0.15, -0.1) is 11.3 Å². The quantitative estimate of drug-likeness (QED) is 0.330. The van der Waals surface area contributed by atoms with Crippen molar-refractivity contribution in [1.82, 2.24) is 29.8 Å². The number of sulfonamides is 1. The molecule has 188 valence electrons. The lowest BCUT2D eigenvalue weighted by Gasteiger charge is -2.22. The zero-order chi connectivity index (χ0) is 25.4. The summed E-state index contributed by atoms with van der Waals surface area (Å²) in [5.74, 6) is -0.349. The van der Waals surface area contributed by atoms with Gasteiger partial charge in [0.15, 0.2) is 5.01 Å². The lowest BCUT2D eigenvalue weighted by Crippen LogP contribution is -2.35. The Morgan fingerprint density at radius 1 is 1.25 bits per heavy atom. The van der Waals surface area contributed by atoms with E-state index in [0.717, 1.165) is 16.0 Å². The van der Waals surface area contributed by atoms with Gasteiger partial charge in [-0.2, -0.15) is 5.10 Å². The summed E-state index contributed by atoms with van der Waals surface area (Å²) in [5, 5.41) is 7.87. The molecule has 0 aliphatic heterocycles. The first-order valence-electron chi connectivity index (χ1n) is 11.2. The lowest BCUT2D eigenvalue weighted by molar-refractivity contribution is 0.0928. The molecule has 1 fully saturated rings. The van der Waals surface area contributed by atoms with Crippen LogP contribution in [0.5, 0.6) is 0 Å². The third-order valence-electron chi connectivity index (χ3n) is 5.66. The number of aromatic nitrogens is 4. The summed E-state index contributed by atoms with van der Waals surface area (Å²) in [5.41, 5.74) is 2.62. The second kappa shape index (κ2) is 9.77. The average Bonchev–Trinajstić information content (AvgIpc) is 3.45. The topological polar surface area (TPSA) is 122 Å². The van der Waals surface area contributed by atoms with Gasteiger partial charge in [-0.1, -0.05) is 11.6 Å². The molecule has 0 unspecified atom stereocenters. The Balaban J connectivity index is 1.36. The summed E-state index contributed by atoms with van der Waals surface area (Å²) in [6, 6.07) is 6.34. The van der Waals surface area contributed by atoms with Gasteiger partial charge in [-0.25, -0.2) is 17.9 Å². The van der Waals surface area contributed by atoms with Gasteiger partial charge >= 0.3 is 0 Å². The summed E-state index contributed by atoms with van der Waals surface area (Å²) in [6.45, 7) is 0.461. The number of nitrogens with one attached hydrogen (secondary N) is 2. The third kappa shape index (κ3) is 5.36. The molecule has 4 heterocycles. The summed E-state index contributed by atoms with van der Waals surface area (Å²) >= 11 is 7.40. The molecule has 1 amide bonds. The van der Waals surface area contributed by atoms with Crippen LogP contribution in [0.15, 0.2) is 49.1 Å². The molecule has 36 heavy (non-hydrogen) atoms. The molecule has 0 spiro atoms. The fourth-order valence-corrected chi connectivity index (χ4v) is 6.15. The van der Waals surface area contributed by atoms with Gasteiger partial charge in [-0.3, -0.25) is 14.5 Å². The van der Waals surface area contributed by atoms with E-state index in [1.54, 1.807) is 41.3 Å². The minimum atomic E-state index is -3.41. The number of thiazole rings is 1. The number of carbonyl (C=O) groups is 1. The van der Waals surface area contributed by atoms with Crippen LogP contribution in [0.1, 0.15) is 34.4 Å². The summed E-state index contributed by atoms with van der Waals surface area (Å²) in [4.78, 5) is 24.6. The van der Waals surface area contributed by atoms with Gasteiger partial charge in [-0.05, 0) is 51.2 Å². The van der Waals surface area contributed by atoms with E-state index in [2.05, 4.69) is 25.1 Å². The van der Waals surface area contributed by atoms with E-state index in [9.17, 15) is 13.2 Å². The molecule has 0 bridgehead atoms. The van der Waals surface area contributed by atoms with E-state index in [1.165, 1.54) is 17.5 Å². The van der Waals surface area contributed by atoms with Crippen LogP contribution in [-0.2, 0) is 10.0 Å². The monoisotopic (exact) mass is 545 g/mol. The Hall–Kier alpha value is -3.06. The number of hydrogen-bond donors (Lipinski definition) is 2. The Kier molecular flexibility index (Phi) is 6.68. The largest absolute Gasteiger partial charge is 0.340 e. The number of pyridine rings is 2. The van der Waals surface area contributed by atoms with Crippen LogP contribution in [0.25, 0.3) is 16.0 Å². The standard InChI is InChI=1S/C23H24ClN7O3S2/c1-30(2)13-19(18-10-15(5-7-25-18)29-36(33,34)16-3-4-16)28-22(32)23-26-12-21(35-23)17-11-27-31-8-6-14(24)9-20(17)31/h5-12,16,19H,3-4,13H2,1-2H3,(H,25,29)(H,28,32)/t19-/m1/s1. The highest BCUT2D eigenvalue weighted by molar-refractivity contribution is 7.93. The normalized spacial score (nSPS) is 14.8. The maximum absolute atomic E-state index is 13.2. The van der Waals surface area contributed by atoms with Crippen molar-refractivity contribution in [2.24, 2.45) is 0 Å². The van der Waals surface area contributed by atoms with Crippen molar-refractivity contribution in [1.29, 1.82) is 0 Å². The molecule has 4 aromatic rings. The maximum atomic E-state index is 13.2. The molecule has 1 aliphatic rings. The van der Waals surface area contributed by atoms with Gasteiger partial charge in [0.25, 0.3) is 5.91 Å². The Labute approximate surface area is 217 Å². The number of halogens is 1. The van der Waals surface area contributed by atoms with Crippen molar-refractivity contribution in [3.05, 3.63) is 64.8 Å². The van der Waals surface area contributed by atoms with Crippen LogP contribution in [-0.4, -0.2) is 64.7 Å². The van der Waals surface area contributed by atoms with Crippen molar-refractivity contribution in [3.8, 4) is 10.4 Å². The zero-order valence-electron chi connectivity index (χ0n) is 19.6. The van der Waals surface area contributed by atoms with E-state index in [-0.39, 0.29) is 11.2 Å². The Morgan fingerprint density at radius 3 is 2.81 bits per heavy atom. The highest BCUT2D eigenvalue weighted by Crippen LogP contribution is 2.32. The molecule has 1 aliphatic carbocycles. The predicted molar refractivity (Wildman–Crippen MR) is 140 cm³/mol. The molecular weight excluding hydrogens is 522 g/mol. The molecule has 13 heteroatoms. The van der Waals surface area contributed by atoms with E-state index >= 15 is 0 Å². The van der Waals surface area contributed by atoms with E-state index in [4.69, 9.17) is 11.6 Å². The zero-order valence-corrected chi connectivity index (χ0v) is 21.9. The highest BCUT2D eigenvalue weighted by atomic mass is 35.5. The summed E-state index contributed by atoms with van der Waals surface area (Å²) in [6.07, 6.45) is 8.01. The SMILES string of the molecule is CN(C)C[C@@H](NC(=O)c1ncc(-c2cnn3ccc(Cl)cc23)s1)c1cc(NS(=O)(=O)C2CC2)ccn1. The van der Waals surface area contributed by atoms with Crippen LogP contribution in [0.2, 0.25) is 5.02 Å². The molecule has 5 rings (SSSR count). The van der Waals surface area contributed by atoms with Crippen molar-refractivity contribution in [2.75, 3.05) is 25.4 Å². The Bertz CT molecular complexity index is 1530. The average molecular weight is 546 g/mol. The van der Waals surface area contributed by atoms with Crippen molar-refractivity contribution in [3.63, 3.8) is 0 Å². The number of fused-ring (bicyclic) bond motifs is 1. The molecule has 10 nitrogen and oxygen atoms in total. The number of nitrogens with zero attached hydrogens (tertiary/aromatic N) is 5. The van der Waals surface area contributed by atoms with Crippen LogP contribution >= 0.6 is 22.9 Å². The molecule has 0 radical (unpaired) electrons. The number of carbonyl (C=O) groups excluding carboxylic acids is 1. The van der Waals surface area contributed by atoms with Gasteiger partial charge in [0, 0.05) is 35.7 Å². The van der Waals surface area contributed by atoms with E-state index < -0.39 is 16.1 Å². The lowest BCUT2D eigenvalue weighted by atomic mass is 10.1. The van der Waals surface area contributed by atoms with Gasteiger partial charge in [0.05, 0.1) is 39.3 Å². The van der Waals surface area contributed by atoms with Crippen LogP contribution in [0.3, 0.4) is 0 Å². The van der Waals surface area contributed by atoms with E-state index in [1.807, 2.05) is 25.1 Å². The molecule has 1 atom stereocenters. The molecule has 4 aromatic heterocycles. The molecule has 0 saturated heterocycles. The van der Waals surface area contributed by atoms with Crippen molar-refractivity contribution >= 4 is 50.1 Å². The minimum absolute atomic E-state index is 0.292. The van der Waals surface area contributed by atoms with Gasteiger partial charge in [0.1, 0.15) is 0 Å². The molecule has 1 saturated carbocycles.